The van der Waals surface area contributed by atoms with Crippen LogP contribution >= 0.6 is 11.3 Å². The molecule has 168 valence electrons. The summed E-state index contributed by atoms with van der Waals surface area (Å²) in [6.07, 6.45) is 5.34. The topological polar surface area (TPSA) is 55.3 Å². The van der Waals surface area contributed by atoms with Crippen molar-refractivity contribution in [2.75, 3.05) is 20.2 Å². The van der Waals surface area contributed by atoms with Crippen molar-refractivity contribution in [3.8, 4) is 16.9 Å². The third-order valence-electron chi connectivity index (χ3n) is 6.98. The SMILES string of the molecule is COc1ccc(-c2cccc(C(=O)N3CCC(C)(c4csc5nccnc45)CC3)c2C)cc1. The van der Waals surface area contributed by atoms with Crippen LogP contribution in [0.25, 0.3) is 21.5 Å². The van der Waals surface area contributed by atoms with E-state index in [4.69, 9.17) is 4.74 Å². The van der Waals surface area contributed by atoms with E-state index in [9.17, 15) is 4.79 Å². The molecule has 0 saturated carbocycles. The van der Waals surface area contributed by atoms with Gasteiger partial charge >= 0.3 is 0 Å². The maximum atomic E-state index is 13.5. The number of carbonyl (C=O) groups is 1. The summed E-state index contributed by atoms with van der Waals surface area (Å²) in [4.78, 5) is 25.5. The van der Waals surface area contributed by atoms with Gasteiger partial charge in [-0.1, -0.05) is 31.2 Å². The highest BCUT2D eigenvalue weighted by atomic mass is 32.1. The second kappa shape index (κ2) is 8.60. The van der Waals surface area contributed by atoms with E-state index >= 15 is 0 Å². The molecule has 5 nitrogen and oxygen atoms in total. The van der Waals surface area contributed by atoms with Gasteiger partial charge in [0.15, 0.2) is 0 Å². The number of hydrogen-bond acceptors (Lipinski definition) is 5. The second-order valence-electron chi connectivity index (χ2n) is 8.92. The second-order valence-corrected chi connectivity index (χ2v) is 9.78. The Labute approximate surface area is 198 Å². The molecule has 0 radical (unpaired) electrons. The molecule has 4 aromatic rings. The van der Waals surface area contributed by atoms with E-state index in [0.717, 1.165) is 64.3 Å². The number of nitrogens with zero attached hydrogens (tertiary/aromatic N) is 3. The minimum Gasteiger partial charge on any atom is -0.497 e. The number of piperidine rings is 1. The van der Waals surface area contributed by atoms with Crippen molar-refractivity contribution in [3.05, 3.63) is 76.9 Å². The lowest BCUT2D eigenvalue weighted by atomic mass is 9.75. The van der Waals surface area contributed by atoms with Gasteiger partial charge in [-0.25, -0.2) is 4.98 Å². The standard InChI is InChI=1S/C27H27N3O2S/c1-18-21(19-7-9-20(32-3)10-8-19)5-4-6-22(18)26(31)30-15-11-27(2,12-16-30)23-17-33-25-24(23)28-13-14-29-25/h4-10,13-14,17H,11-12,15-16H2,1-3H3. The smallest absolute Gasteiger partial charge is 0.254 e. The summed E-state index contributed by atoms with van der Waals surface area (Å²) >= 11 is 1.65. The van der Waals surface area contributed by atoms with Gasteiger partial charge in [0.25, 0.3) is 5.91 Å². The first-order valence-corrected chi connectivity index (χ1v) is 12.1. The summed E-state index contributed by atoms with van der Waals surface area (Å²) in [5, 5.41) is 2.20. The van der Waals surface area contributed by atoms with Gasteiger partial charge in [0.2, 0.25) is 0 Å². The van der Waals surface area contributed by atoms with E-state index in [1.54, 1.807) is 30.8 Å². The summed E-state index contributed by atoms with van der Waals surface area (Å²) in [7, 11) is 1.66. The molecule has 0 bridgehead atoms. The van der Waals surface area contributed by atoms with Crippen molar-refractivity contribution in [2.24, 2.45) is 0 Å². The molecule has 6 heteroatoms. The minimum absolute atomic E-state index is 0.00501. The lowest BCUT2D eigenvalue weighted by molar-refractivity contribution is 0.0676. The average molecular weight is 458 g/mol. The molecule has 0 atom stereocenters. The van der Waals surface area contributed by atoms with Crippen LogP contribution in [0.5, 0.6) is 5.75 Å². The zero-order valence-electron chi connectivity index (χ0n) is 19.2. The molecule has 1 amide bonds. The third kappa shape index (κ3) is 3.89. The quantitative estimate of drug-likeness (QED) is 0.385. The fourth-order valence-electron chi connectivity index (χ4n) is 4.79. The predicted octanol–water partition coefficient (Wildman–Crippen LogP) is 5.87. The monoisotopic (exact) mass is 457 g/mol. The number of rotatable bonds is 4. The molecule has 0 N–H and O–H groups in total. The molecule has 2 aromatic heterocycles. The zero-order valence-corrected chi connectivity index (χ0v) is 20.0. The molecular formula is C27H27N3O2S. The van der Waals surface area contributed by atoms with E-state index in [1.165, 1.54) is 5.56 Å². The number of fused-ring (bicyclic) bond motifs is 1. The summed E-state index contributed by atoms with van der Waals surface area (Å²) in [6, 6.07) is 14.0. The van der Waals surface area contributed by atoms with Crippen LogP contribution in [0.15, 0.2) is 60.2 Å². The van der Waals surface area contributed by atoms with Gasteiger partial charge in [-0.05, 0) is 71.0 Å². The first-order chi connectivity index (χ1) is 16.0. The highest BCUT2D eigenvalue weighted by molar-refractivity contribution is 7.16. The molecule has 33 heavy (non-hydrogen) atoms. The van der Waals surface area contributed by atoms with Gasteiger partial charge in [0, 0.05) is 31.0 Å². The van der Waals surface area contributed by atoms with Gasteiger partial charge in [0.1, 0.15) is 16.1 Å². The highest BCUT2D eigenvalue weighted by Gasteiger charge is 2.36. The molecule has 1 fully saturated rings. The van der Waals surface area contributed by atoms with Gasteiger partial charge < -0.3 is 9.64 Å². The van der Waals surface area contributed by atoms with Crippen molar-refractivity contribution >= 4 is 27.6 Å². The van der Waals surface area contributed by atoms with Gasteiger partial charge in [0.05, 0.1) is 7.11 Å². The van der Waals surface area contributed by atoms with Crippen LogP contribution in [0.4, 0.5) is 0 Å². The molecule has 5 rings (SSSR count). The first-order valence-electron chi connectivity index (χ1n) is 11.2. The molecule has 2 aromatic carbocycles. The fourth-order valence-corrected chi connectivity index (χ4v) is 5.81. The van der Waals surface area contributed by atoms with Crippen molar-refractivity contribution in [2.45, 2.75) is 32.1 Å². The summed E-state index contributed by atoms with van der Waals surface area (Å²) in [6.45, 7) is 5.80. The number of ether oxygens (including phenoxy) is 1. The number of hydrogen-bond donors (Lipinski definition) is 0. The van der Waals surface area contributed by atoms with E-state index in [1.807, 2.05) is 48.2 Å². The average Bonchev–Trinajstić information content (AvgIpc) is 3.30. The van der Waals surface area contributed by atoms with Gasteiger partial charge in [-0.15, -0.1) is 11.3 Å². The largest absolute Gasteiger partial charge is 0.497 e. The number of thiophene rings is 1. The zero-order chi connectivity index (χ0) is 23.0. The molecule has 0 aliphatic carbocycles. The maximum absolute atomic E-state index is 13.5. The third-order valence-corrected chi connectivity index (χ3v) is 7.85. The molecule has 1 saturated heterocycles. The number of amides is 1. The van der Waals surface area contributed by atoms with Crippen LogP contribution < -0.4 is 4.74 Å². The fraction of sp³-hybridized carbons (Fsp3) is 0.296. The van der Waals surface area contributed by atoms with Gasteiger partial charge in [-0.2, -0.15) is 0 Å². The van der Waals surface area contributed by atoms with Crippen molar-refractivity contribution < 1.29 is 9.53 Å². The Morgan fingerprint density at radius 2 is 1.79 bits per heavy atom. The molecule has 1 aliphatic rings. The van der Waals surface area contributed by atoms with Crippen LogP contribution in [0.1, 0.15) is 41.3 Å². The molecular weight excluding hydrogens is 430 g/mol. The van der Waals surface area contributed by atoms with E-state index in [0.29, 0.717) is 0 Å². The number of benzene rings is 2. The molecule has 3 heterocycles. The highest BCUT2D eigenvalue weighted by Crippen LogP contribution is 2.40. The predicted molar refractivity (Wildman–Crippen MR) is 133 cm³/mol. The number of carbonyl (C=O) groups excluding carboxylic acids is 1. The molecule has 0 spiro atoms. The van der Waals surface area contributed by atoms with Crippen molar-refractivity contribution in [1.82, 2.24) is 14.9 Å². The first kappa shape index (κ1) is 21.6. The summed E-state index contributed by atoms with van der Waals surface area (Å²) < 4.78 is 5.28. The maximum Gasteiger partial charge on any atom is 0.254 e. The van der Waals surface area contributed by atoms with E-state index in [-0.39, 0.29) is 11.3 Å². The number of aromatic nitrogens is 2. The van der Waals surface area contributed by atoms with Crippen LogP contribution in [0, 0.1) is 6.92 Å². The van der Waals surface area contributed by atoms with Crippen LogP contribution in [0.2, 0.25) is 0 Å². The van der Waals surface area contributed by atoms with Crippen LogP contribution in [-0.4, -0.2) is 41.0 Å². The van der Waals surface area contributed by atoms with Crippen molar-refractivity contribution in [3.63, 3.8) is 0 Å². The molecule has 1 aliphatic heterocycles. The number of methoxy groups -OCH3 is 1. The summed E-state index contributed by atoms with van der Waals surface area (Å²) in [5.41, 5.74) is 6.23. The Morgan fingerprint density at radius 1 is 1.06 bits per heavy atom. The number of likely N-dealkylation sites (tertiary alicyclic amines) is 1. The van der Waals surface area contributed by atoms with Crippen LogP contribution in [0.3, 0.4) is 0 Å². The van der Waals surface area contributed by atoms with E-state index in [2.05, 4.69) is 28.3 Å². The van der Waals surface area contributed by atoms with Crippen molar-refractivity contribution in [1.29, 1.82) is 0 Å². The Hall–Kier alpha value is -3.25. The Morgan fingerprint density at radius 3 is 2.52 bits per heavy atom. The lowest BCUT2D eigenvalue weighted by Crippen LogP contribution is -2.44. The Bertz CT molecular complexity index is 1300. The lowest BCUT2D eigenvalue weighted by Gasteiger charge is -2.39. The Kier molecular flexibility index (Phi) is 5.62. The Balaban J connectivity index is 1.36. The van der Waals surface area contributed by atoms with Gasteiger partial charge in [-0.3, -0.25) is 9.78 Å². The molecule has 0 unspecified atom stereocenters. The minimum atomic E-state index is 0.00501. The van der Waals surface area contributed by atoms with Crippen LogP contribution in [-0.2, 0) is 5.41 Å². The summed E-state index contributed by atoms with van der Waals surface area (Å²) in [5.74, 6) is 0.935. The van der Waals surface area contributed by atoms with E-state index < -0.39 is 0 Å². The normalized spacial score (nSPS) is 15.5.